The average molecular weight is 493 g/mol. The number of esters is 1. The Balaban J connectivity index is 1.35. The van der Waals surface area contributed by atoms with E-state index in [9.17, 15) is 9.59 Å². The molecule has 0 aliphatic carbocycles. The molecule has 1 amide bonds. The first-order valence-corrected chi connectivity index (χ1v) is 12.5. The molecule has 34 heavy (non-hydrogen) atoms. The quantitative estimate of drug-likeness (QED) is 0.297. The summed E-state index contributed by atoms with van der Waals surface area (Å²) in [5, 5.41) is 7.84. The van der Waals surface area contributed by atoms with Gasteiger partial charge in [-0.25, -0.2) is 14.8 Å². The topological polar surface area (TPSA) is 84.4 Å². The van der Waals surface area contributed by atoms with Gasteiger partial charge < -0.3 is 10.1 Å². The number of ether oxygens (including phenoxy) is 1. The van der Waals surface area contributed by atoms with E-state index in [2.05, 4.69) is 22.2 Å². The fourth-order valence-corrected chi connectivity index (χ4v) is 4.76. The number of thiazole rings is 2. The molecule has 0 unspecified atom stereocenters. The zero-order valence-electron chi connectivity index (χ0n) is 18.9. The van der Waals surface area contributed by atoms with Gasteiger partial charge in [0, 0.05) is 24.2 Å². The summed E-state index contributed by atoms with van der Waals surface area (Å²) in [6.07, 6.45) is 0.927. The summed E-state index contributed by atoms with van der Waals surface area (Å²) in [6.45, 7) is 4.21. The van der Waals surface area contributed by atoms with Crippen molar-refractivity contribution in [2.24, 2.45) is 0 Å². The first kappa shape index (κ1) is 23.6. The van der Waals surface area contributed by atoms with E-state index in [4.69, 9.17) is 4.74 Å². The van der Waals surface area contributed by atoms with E-state index in [1.807, 2.05) is 54.6 Å². The van der Waals surface area contributed by atoms with Crippen LogP contribution < -0.4 is 10.2 Å². The number of anilines is 3. The zero-order valence-corrected chi connectivity index (χ0v) is 20.5. The maximum Gasteiger partial charge on any atom is 0.358 e. The highest BCUT2D eigenvalue weighted by Gasteiger charge is 2.19. The van der Waals surface area contributed by atoms with Gasteiger partial charge in [0.2, 0.25) is 5.91 Å². The summed E-state index contributed by atoms with van der Waals surface area (Å²) in [5.74, 6) is -0.655. The van der Waals surface area contributed by atoms with Crippen molar-refractivity contribution in [3.8, 4) is 0 Å². The van der Waals surface area contributed by atoms with Crippen LogP contribution in [0.25, 0.3) is 0 Å². The second kappa shape index (κ2) is 11.0. The maximum atomic E-state index is 12.4. The van der Waals surface area contributed by atoms with E-state index in [0.29, 0.717) is 22.5 Å². The van der Waals surface area contributed by atoms with Crippen LogP contribution in [0.3, 0.4) is 0 Å². The van der Waals surface area contributed by atoms with E-state index in [0.717, 1.165) is 17.7 Å². The second-order valence-corrected chi connectivity index (χ2v) is 9.14. The summed E-state index contributed by atoms with van der Waals surface area (Å²) in [4.78, 5) is 35.1. The van der Waals surface area contributed by atoms with Gasteiger partial charge >= 0.3 is 5.97 Å². The van der Waals surface area contributed by atoms with Gasteiger partial charge in [-0.15, -0.1) is 22.7 Å². The minimum Gasteiger partial charge on any atom is -0.454 e. The van der Waals surface area contributed by atoms with Gasteiger partial charge in [-0.05, 0) is 29.7 Å². The predicted molar refractivity (Wildman–Crippen MR) is 136 cm³/mol. The molecule has 0 saturated heterocycles. The third kappa shape index (κ3) is 5.86. The molecule has 0 saturated carbocycles. The van der Waals surface area contributed by atoms with Gasteiger partial charge in [0.15, 0.2) is 16.0 Å². The van der Waals surface area contributed by atoms with E-state index >= 15 is 0 Å². The monoisotopic (exact) mass is 492 g/mol. The smallest absolute Gasteiger partial charge is 0.358 e. The van der Waals surface area contributed by atoms with Crippen LogP contribution in [-0.4, -0.2) is 21.8 Å². The van der Waals surface area contributed by atoms with Crippen LogP contribution in [-0.2, 0) is 29.1 Å². The summed E-state index contributed by atoms with van der Waals surface area (Å²) in [7, 11) is 0. The molecule has 174 valence electrons. The van der Waals surface area contributed by atoms with Crippen LogP contribution in [0.15, 0.2) is 65.4 Å². The fraction of sp³-hybridized carbons (Fsp3) is 0.200. The van der Waals surface area contributed by atoms with E-state index < -0.39 is 5.97 Å². The number of nitrogens with one attached hydrogen (secondary N) is 1. The van der Waals surface area contributed by atoms with Crippen molar-refractivity contribution in [2.75, 3.05) is 10.2 Å². The van der Waals surface area contributed by atoms with Gasteiger partial charge in [0.1, 0.15) is 6.61 Å². The Morgan fingerprint density at radius 2 is 1.74 bits per heavy atom. The summed E-state index contributed by atoms with van der Waals surface area (Å²) < 4.78 is 5.40. The lowest BCUT2D eigenvalue weighted by atomic mass is 10.1. The Hall–Kier alpha value is -3.56. The molecule has 0 aliphatic heterocycles. The number of rotatable bonds is 9. The summed E-state index contributed by atoms with van der Waals surface area (Å²) in [6, 6.07) is 17.8. The molecule has 0 radical (unpaired) electrons. The van der Waals surface area contributed by atoms with Crippen molar-refractivity contribution in [3.05, 3.63) is 87.9 Å². The minimum absolute atomic E-state index is 0.000153. The Bertz CT molecular complexity index is 1250. The lowest BCUT2D eigenvalue weighted by Gasteiger charge is -2.18. The van der Waals surface area contributed by atoms with Gasteiger partial charge in [-0.1, -0.05) is 49.4 Å². The maximum absolute atomic E-state index is 12.4. The first-order valence-electron chi connectivity index (χ1n) is 10.8. The largest absolute Gasteiger partial charge is 0.454 e. The molecule has 4 aromatic rings. The Morgan fingerprint density at radius 3 is 2.44 bits per heavy atom. The summed E-state index contributed by atoms with van der Waals surface area (Å²) in [5.41, 5.74) is 3.89. The van der Waals surface area contributed by atoms with Crippen LogP contribution >= 0.6 is 22.7 Å². The molecule has 0 bridgehead atoms. The molecule has 2 aromatic heterocycles. The number of aromatic nitrogens is 2. The normalized spacial score (nSPS) is 10.6. The number of carbonyl (C=O) groups is 2. The van der Waals surface area contributed by atoms with Crippen LogP contribution in [0.2, 0.25) is 0 Å². The highest BCUT2D eigenvalue weighted by molar-refractivity contribution is 7.14. The number of aryl methyl sites for hydroxylation is 1. The van der Waals surface area contributed by atoms with Gasteiger partial charge in [0.25, 0.3) is 0 Å². The van der Waals surface area contributed by atoms with Gasteiger partial charge in [0.05, 0.1) is 11.4 Å². The average Bonchev–Trinajstić information content (AvgIpc) is 3.52. The molecule has 1 N–H and O–H groups in total. The SMILES string of the molecule is CCc1ccc(N(C(C)=O)c2nc(COC(=O)c3csc(NCc4ccccc4)n3)cs2)cc1. The molecule has 0 spiro atoms. The number of carbonyl (C=O) groups excluding carboxylic acids is 2. The zero-order chi connectivity index (χ0) is 23.9. The van der Waals surface area contributed by atoms with Crippen molar-refractivity contribution >= 4 is 50.5 Å². The third-order valence-electron chi connectivity index (χ3n) is 5.00. The number of nitrogens with zero attached hydrogens (tertiary/aromatic N) is 3. The highest BCUT2D eigenvalue weighted by atomic mass is 32.1. The lowest BCUT2D eigenvalue weighted by molar-refractivity contribution is -0.115. The van der Waals surface area contributed by atoms with Crippen molar-refractivity contribution in [1.82, 2.24) is 9.97 Å². The second-order valence-electron chi connectivity index (χ2n) is 7.45. The van der Waals surface area contributed by atoms with E-state index in [1.54, 1.807) is 15.7 Å². The van der Waals surface area contributed by atoms with Crippen LogP contribution in [0.4, 0.5) is 16.0 Å². The number of hydrogen-bond donors (Lipinski definition) is 1. The van der Waals surface area contributed by atoms with Crippen LogP contribution in [0, 0.1) is 0 Å². The van der Waals surface area contributed by atoms with Gasteiger partial charge in [-0.2, -0.15) is 0 Å². The minimum atomic E-state index is -0.517. The summed E-state index contributed by atoms with van der Waals surface area (Å²) >= 11 is 2.68. The number of benzene rings is 2. The lowest BCUT2D eigenvalue weighted by Crippen LogP contribution is -2.22. The Kier molecular flexibility index (Phi) is 7.66. The first-order chi connectivity index (χ1) is 16.5. The molecule has 4 rings (SSSR count). The molecular formula is C25H24N4O3S2. The predicted octanol–water partition coefficient (Wildman–Crippen LogP) is 5.82. The van der Waals surface area contributed by atoms with Gasteiger partial charge in [-0.3, -0.25) is 9.69 Å². The molecule has 2 aromatic carbocycles. The van der Waals surface area contributed by atoms with Crippen LogP contribution in [0.5, 0.6) is 0 Å². The molecule has 2 heterocycles. The number of amides is 1. The Morgan fingerprint density at radius 1 is 0.971 bits per heavy atom. The van der Waals surface area contributed by atoms with Crippen molar-refractivity contribution < 1.29 is 14.3 Å². The molecule has 0 fully saturated rings. The molecule has 0 aliphatic rings. The van der Waals surface area contributed by atoms with E-state index in [-0.39, 0.29) is 18.2 Å². The standard InChI is InChI=1S/C25H24N4O3S2/c1-3-18-9-11-21(12-10-18)29(17(2)30)25-27-20(15-34-25)14-32-23(31)22-16-33-24(28-22)26-13-19-7-5-4-6-8-19/h4-12,15-16H,3,13-14H2,1-2H3,(H,26,28). The highest BCUT2D eigenvalue weighted by Crippen LogP contribution is 2.29. The van der Waals surface area contributed by atoms with E-state index in [1.165, 1.54) is 35.2 Å². The number of hydrogen-bond acceptors (Lipinski definition) is 8. The molecule has 7 nitrogen and oxygen atoms in total. The fourth-order valence-electron chi connectivity index (χ4n) is 3.21. The van der Waals surface area contributed by atoms with Crippen molar-refractivity contribution in [3.63, 3.8) is 0 Å². The molecule has 9 heteroatoms. The third-order valence-corrected chi connectivity index (χ3v) is 6.67. The molecule has 0 atom stereocenters. The van der Waals surface area contributed by atoms with Crippen molar-refractivity contribution in [1.29, 1.82) is 0 Å². The Labute approximate surface area is 206 Å². The molecular weight excluding hydrogens is 468 g/mol. The van der Waals surface area contributed by atoms with Crippen molar-refractivity contribution in [2.45, 2.75) is 33.4 Å². The van der Waals surface area contributed by atoms with Crippen LogP contribution in [0.1, 0.15) is 41.2 Å².